The van der Waals surface area contributed by atoms with Gasteiger partial charge in [0.25, 0.3) is 0 Å². The van der Waals surface area contributed by atoms with Gasteiger partial charge in [-0.2, -0.15) is 0 Å². The lowest BCUT2D eigenvalue weighted by Gasteiger charge is -2.13. The fourth-order valence-corrected chi connectivity index (χ4v) is 2.39. The number of amides is 1. The Morgan fingerprint density at radius 2 is 2.11 bits per heavy atom. The molecular formula is C16H19NO2. The molecular weight excluding hydrogens is 238 g/mol. The summed E-state index contributed by atoms with van der Waals surface area (Å²) < 4.78 is 0. The zero-order valence-corrected chi connectivity index (χ0v) is 11.1. The lowest BCUT2D eigenvalue weighted by atomic mass is 9.92. The highest BCUT2D eigenvalue weighted by Gasteiger charge is 2.25. The molecule has 1 fully saturated rings. The van der Waals surface area contributed by atoms with Crippen molar-refractivity contribution >= 4 is 17.4 Å². The lowest BCUT2D eigenvalue weighted by molar-refractivity contribution is -0.117. The van der Waals surface area contributed by atoms with Crippen molar-refractivity contribution in [3.8, 4) is 0 Å². The van der Waals surface area contributed by atoms with Crippen molar-refractivity contribution in [3.05, 3.63) is 42.5 Å². The summed E-state index contributed by atoms with van der Waals surface area (Å²) in [4.78, 5) is 23.0. The van der Waals surface area contributed by atoms with Gasteiger partial charge in [0, 0.05) is 18.5 Å². The zero-order chi connectivity index (χ0) is 13.7. The predicted molar refractivity (Wildman–Crippen MR) is 75.7 cm³/mol. The molecule has 2 rings (SSSR count). The molecule has 0 unspecified atom stereocenters. The Bertz CT molecular complexity index is 479. The molecule has 1 saturated carbocycles. The highest BCUT2D eigenvalue weighted by molar-refractivity contribution is 5.99. The third-order valence-corrected chi connectivity index (χ3v) is 3.62. The third-order valence-electron chi connectivity index (χ3n) is 3.62. The molecule has 0 heterocycles. The number of benzene rings is 1. The molecule has 100 valence electrons. The summed E-state index contributed by atoms with van der Waals surface area (Å²) in [5.74, 6) is 0.891. The van der Waals surface area contributed by atoms with E-state index >= 15 is 0 Å². The van der Waals surface area contributed by atoms with Crippen LogP contribution in [0, 0.1) is 11.8 Å². The van der Waals surface area contributed by atoms with Crippen molar-refractivity contribution < 1.29 is 9.59 Å². The maximum Gasteiger partial charge on any atom is 0.248 e. The topological polar surface area (TPSA) is 46.2 Å². The van der Waals surface area contributed by atoms with Gasteiger partial charge in [-0.25, -0.2) is 0 Å². The highest BCUT2D eigenvalue weighted by atomic mass is 16.1. The molecule has 1 aromatic carbocycles. The lowest BCUT2D eigenvalue weighted by Crippen LogP contribution is -2.10. The van der Waals surface area contributed by atoms with Crippen LogP contribution in [0.1, 0.15) is 26.2 Å². The largest absolute Gasteiger partial charge is 0.323 e. The van der Waals surface area contributed by atoms with E-state index in [9.17, 15) is 9.59 Å². The van der Waals surface area contributed by atoms with E-state index in [1.54, 1.807) is 6.08 Å². The fourth-order valence-electron chi connectivity index (χ4n) is 2.39. The quantitative estimate of drug-likeness (QED) is 0.842. The van der Waals surface area contributed by atoms with Gasteiger partial charge in [-0.15, -0.1) is 0 Å². The number of Topliss-reactive ketones (excluding diaryl/α,β-unsaturated/α-hetero) is 1. The molecule has 1 aromatic rings. The molecule has 3 nitrogen and oxygen atoms in total. The van der Waals surface area contributed by atoms with Gasteiger partial charge in [0.2, 0.25) is 5.91 Å². The molecule has 0 aromatic heterocycles. The number of carbonyl (C=O) groups is 2. The Balaban J connectivity index is 1.84. The van der Waals surface area contributed by atoms with E-state index in [1.165, 1.54) is 0 Å². The number of para-hydroxylation sites is 1. The van der Waals surface area contributed by atoms with Gasteiger partial charge in [-0.05, 0) is 36.5 Å². The molecule has 0 radical (unpaired) electrons. The first-order valence-corrected chi connectivity index (χ1v) is 6.71. The number of carbonyl (C=O) groups excluding carboxylic acids is 2. The minimum Gasteiger partial charge on any atom is -0.323 e. The smallest absolute Gasteiger partial charge is 0.248 e. The maximum absolute atomic E-state index is 11.7. The Morgan fingerprint density at radius 1 is 1.37 bits per heavy atom. The van der Waals surface area contributed by atoms with Gasteiger partial charge >= 0.3 is 0 Å². The molecule has 0 saturated heterocycles. The summed E-state index contributed by atoms with van der Waals surface area (Å²) in [6, 6.07) is 9.37. The zero-order valence-electron chi connectivity index (χ0n) is 11.1. The highest BCUT2D eigenvalue weighted by Crippen LogP contribution is 2.29. The second-order valence-electron chi connectivity index (χ2n) is 5.12. The Kier molecular flexibility index (Phi) is 4.50. The summed E-state index contributed by atoms with van der Waals surface area (Å²) in [6.07, 6.45) is 5.78. The van der Waals surface area contributed by atoms with E-state index in [0.29, 0.717) is 24.5 Å². The molecule has 3 heteroatoms. The van der Waals surface area contributed by atoms with Gasteiger partial charge in [0.05, 0.1) is 0 Å². The molecule has 1 amide bonds. The summed E-state index contributed by atoms with van der Waals surface area (Å²) in [5.41, 5.74) is 0.792. The minimum absolute atomic E-state index is 0.123. The second-order valence-corrected chi connectivity index (χ2v) is 5.12. The van der Waals surface area contributed by atoms with Crippen molar-refractivity contribution in [2.24, 2.45) is 11.8 Å². The number of nitrogens with one attached hydrogen (secondary N) is 1. The van der Waals surface area contributed by atoms with Crippen LogP contribution < -0.4 is 5.32 Å². The van der Waals surface area contributed by atoms with E-state index in [0.717, 1.165) is 12.1 Å². The fraction of sp³-hybridized carbons (Fsp3) is 0.375. The van der Waals surface area contributed by atoms with Crippen molar-refractivity contribution in [2.75, 3.05) is 5.32 Å². The first-order valence-electron chi connectivity index (χ1n) is 6.71. The maximum atomic E-state index is 11.7. The Labute approximate surface area is 113 Å². The van der Waals surface area contributed by atoms with Crippen LogP contribution in [0.2, 0.25) is 0 Å². The molecule has 0 spiro atoms. The third kappa shape index (κ3) is 4.05. The number of ketones is 1. The normalized spacial score (nSPS) is 20.7. The molecule has 19 heavy (non-hydrogen) atoms. The molecule has 0 bridgehead atoms. The summed E-state index contributed by atoms with van der Waals surface area (Å²) in [5, 5.41) is 2.80. The monoisotopic (exact) mass is 257 g/mol. The van der Waals surface area contributed by atoms with Crippen molar-refractivity contribution in [1.29, 1.82) is 0 Å². The van der Waals surface area contributed by atoms with Gasteiger partial charge in [0.1, 0.15) is 5.78 Å². The standard InChI is InChI=1S/C16H19NO2/c1-12(13-8-9-15(18)11-13)7-10-16(19)17-14-5-3-2-4-6-14/h2-7,10,12-13H,8-9,11H2,1H3,(H,17,19)/b10-7+/t12-,13+/m0/s1. The first-order chi connectivity index (χ1) is 9.15. The molecule has 1 N–H and O–H groups in total. The Morgan fingerprint density at radius 3 is 2.74 bits per heavy atom. The van der Waals surface area contributed by atoms with Crippen LogP contribution in [0.15, 0.2) is 42.5 Å². The Hall–Kier alpha value is -1.90. The SMILES string of the molecule is C[C@@H](/C=C/C(=O)Nc1ccccc1)[C@@H]1CCC(=O)C1. The summed E-state index contributed by atoms with van der Waals surface area (Å²) in [6.45, 7) is 2.07. The van der Waals surface area contributed by atoms with Gasteiger partial charge in [-0.3, -0.25) is 9.59 Å². The van der Waals surface area contributed by atoms with Crippen LogP contribution in [-0.4, -0.2) is 11.7 Å². The van der Waals surface area contributed by atoms with Gasteiger partial charge < -0.3 is 5.32 Å². The number of rotatable bonds is 4. The second kappa shape index (κ2) is 6.32. The van der Waals surface area contributed by atoms with Gasteiger partial charge in [-0.1, -0.05) is 31.2 Å². The van der Waals surface area contributed by atoms with E-state index in [1.807, 2.05) is 36.4 Å². The van der Waals surface area contributed by atoms with E-state index in [-0.39, 0.29) is 11.8 Å². The molecule has 2 atom stereocenters. The van der Waals surface area contributed by atoms with Crippen LogP contribution in [0.5, 0.6) is 0 Å². The average Bonchev–Trinajstić information content (AvgIpc) is 2.84. The van der Waals surface area contributed by atoms with Crippen LogP contribution in [0.25, 0.3) is 0 Å². The summed E-state index contributed by atoms with van der Waals surface area (Å²) in [7, 11) is 0. The number of anilines is 1. The number of allylic oxidation sites excluding steroid dienone is 1. The van der Waals surface area contributed by atoms with Crippen LogP contribution >= 0.6 is 0 Å². The van der Waals surface area contributed by atoms with E-state index < -0.39 is 0 Å². The van der Waals surface area contributed by atoms with Crippen LogP contribution in [-0.2, 0) is 9.59 Å². The number of hydrogen-bond donors (Lipinski definition) is 1. The average molecular weight is 257 g/mol. The summed E-state index contributed by atoms with van der Waals surface area (Å²) >= 11 is 0. The van der Waals surface area contributed by atoms with Crippen LogP contribution in [0.4, 0.5) is 5.69 Å². The molecule has 1 aliphatic carbocycles. The predicted octanol–water partition coefficient (Wildman–Crippen LogP) is 3.19. The van der Waals surface area contributed by atoms with Crippen molar-refractivity contribution in [3.63, 3.8) is 0 Å². The van der Waals surface area contributed by atoms with E-state index in [4.69, 9.17) is 0 Å². The minimum atomic E-state index is -0.123. The van der Waals surface area contributed by atoms with E-state index in [2.05, 4.69) is 12.2 Å². The first kappa shape index (κ1) is 13.5. The van der Waals surface area contributed by atoms with Crippen molar-refractivity contribution in [2.45, 2.75) is 26.2 Å². The number of hydrogen-bond acceptors (Lipinski definition) is 2. The molecule has 0 aliphatic heterocycles. The van der Waals surface area contributed by atoms with Crippen molar-refractivity contribution in [1.82, 2.24) is 0 Å². The van der Waals surface area contributed by atoms with Gasteiger partial charge in [0.15, 0.2) is 0 Å². The molecule has 1 aliphatic rings. The van der Waals surface area contributed by atoms with Crippen LogP contribution in [0.3, 0.4) is 0 Å².